The van der Waals surface area contributed by atoms with Crippen molar-refractivity contribution in [3.63, 3.8) is 0 Å². The summed E-state index contributed by atoms with van der Waals surface area (Å²) in [6.07, 6.45) is 2.13. The van der Waals surface area contributed by atoms with Crippen LogP contribution in [0.3, 0.4) is 0 Å². The van der Waals surface area contributed by atoms with E-state index in [1.165, 1.54) is 21.2 Å². The second kappa shape index (κ2) is 8.11. The van der Waals surface area contributed by atoms with E-state index >= 15 is 0 Å². The Morgan fingerprint density at radius 1 is 1.05 bits per heavy atom. The quantitative estimate of drug-likeness (QED) is 0.634. The molecule has 21 heavy (non-hydrogen) atoms. The molecular weight excluding hydrogens is 390 g/mol. The molecule has 0 aliphatic rings. The summed E-state index contributed by atoms with van der Waals surface area (Å²) in [5.41, 5.74) is 3.99. The van der Waals surface area contributed by atoms with Crippen molar-refractivity contribution in [2.75, 3.05) is 6.54 Å². The highest BCUT2D eigenvalue weighted by Gasteiger charge is 2.14. The highest BCUT2D eigenvalue weighted by Crippen LogP contribution is 2.27. The smallest absolute Gasteiger partial charge is 0.0372 e. The van der Waals surface area contributed by atoms with E-state index in [0.29, 0.717) is 6.04 Å². The molecule has 0 fully saturated rings. The average Bonchev–Trinajstić information content (AvgIpc) is 2.48. The molecule has 2 aromatic carbocycles. The fraction of sp³-hybridized carbons (Fsp3) is 0.333. The Balaban J connectivity index is 2.25. The maximum Gasteiger partial charge on any atom is 0.0372 e. The van der Waals surface area contributed by atoms with Gasteiger partial charge in [-0.1, -0.05) is 68.6 Å². The van der Waals surface area contributed by atoms with Crippen molar-refractivity contribution in [3.05, 3.63) is 68.1 Å². The summed E-state index contributed by atoms with van der Waals surface area (Å²) in [6, 6.07) is 15.5. The monoisotopic (exact) mass is 409 g/mol. The van der Waals surface area contributed by atoms with Crippen LogP contribution in [0.25, 0.3) is 0 Å². The zero-order valence-electron chi connectivity index (χ0n) is 12.5. The van der Waals surface area contributed by atoms with Gasteiger partial charge < -0.3 is 5.32 Å². The van der Waals surface area contributed by atoms with Crippen LogP contribution in [-0.2, 0) is 6.42 Å². The Kier molecular flexibility index (Phi) is 6.46. The predicted molar refractivity (Wildman–Crippen MR) is 97.8 cm³/mol. The van der Waals surface area contributed by atoms with Gasteiger partial charge in [-0.3, -0.25) is 0 Å². The molecule has 2 rings (SSSR count). The summed E-state index contributed by atoms with van der Waals surface area (Å²) in [5, 5.41) is 3.68. The van der Waals surface area contributed by atoms with Crippen molar-refractivity contribution in [2.24, 2.45) is 0 Å². The minimum Gasteiger partial charge on any atom is -0.310 e. The first kappa shape index (κ1) is 16.7. The SMILES string of the molecule is CCCNC(Cc1ccc(Br)cc1)c1cc(C)ccc1Br. The molecule has 1 atom stereocenters. The molecule has 0 aromatic heterocycles. The maximum absolute atomic E-state index is 3.70. The molecule has 0 saturated heterocycles. The lowest BCUT2D eigenvalue weighted by atomic mass is 9.97. The minimum atomic E-state index is 0.334. The first-order valence-electron chi connectivity index (χ1n) is 7.34. The molecule has 0 aliphatic heterocycles. The summed E-state index contributed by atoms with van der Waals surface area (Å²) < 4.78 is 2.31. The van der Waals surface area contributed by atoms with Crippen molar-refractivity contribution < 1.29 is 0 Å². The van der Waals surface area contributed by atoms with E-state index in [4.69, 9.17) is 0 Å². The predicted octanol–water partition coefficient (Wildman–Crippen LogP) is 5.80. The van der Waals surface area contributed by atoms with Crippen molar-refractivity contribution in [1.82, 2.24) is 5.32 Å². The van der Waals surface area contributed by atoms with E-state index in [2.05, 4.69) is 93.5 Å². The van der Waals surface area contributed by atoms with E-state index < -0.39 is 0 Å². The van der Waals surface area contributed by atoms with Crippen molar-refractivity contribution in [3.8, 4) is 0 Å². The highest BCUT2D eigenvalue weighted by molar-refractivity contribution is 9.10. The number of benzene rings is 2. The molecule has 0 aliphatic carbocycles. The number of nitrogens with one attached hydrogen (secondary N) is 1. The van der Waals surface area contributed by atoms with Crippen LogP contribution in [0, 0.1) is 6.92 Å². The van der Waals surface area contributed by atoms with Gasteiger partial charge in [-0.25, -0.2) is 0 Å². The zero-order valence-corrected chi connectivity index (χ0v) is 15.7. The molecule has 0 bridgehead atoms. The van der Waals surface area contributed by atoms with Gasteiger partial charge in [0.1, 0.15) is 0 Å². The number of hydrogen-bond acceptors (Lipinski definition) is 1. The van der Waals surface area contributed by atoms with Crippen LogP contribution in [0.15, 0.2) is 51.4 Å². The second-order valence-electron chi connectivity index (χ2n) is 5.36. The fourth-order valence-corrected chi connectivity index (χ4v) is 3.18. The fourth-order valence-electron chi connectivity index (χ4n) is 2.40. The first-order chi connectivity index (χ1) is 10.1. The van der Waals surface area contributed by atoms with Crippen LogP contribution in [0.1, 0.15) is 36.1 Å². The van der Waals surface area contributed by atoms with Crippen molar-refractivity contribution >= 4 is 31.9 Å². The Hall–Kier alpha value is -0.640. The summed E-state index contributed by atoms with van der Waals surface area (Å²) in [6.45, 7) is 5.38. The third kappa shape index (κ3) is 4.94. The lowest BCUT2D eigenvalue weighted by Crippen LogP contribution is -2.24. The van der Waals surface area contributed by atoms with Crippen molar-refractivity contribution in [2.45, 2.75) is 32.7 Å². The van der Waals surface area contributed by atoms with Gasteiger partial charge >= 0.3 is 0 Å². The van der Waals surface area contributed by atoms with Crippen LogP contribution < -0.4 is 5.32 Å². The number of aryl methyl sites for hydroxylation is 1. The van der Waals surface area contributed by atoms with Crippen LogP contribution in [0.5, 0.6) is 0 Å². The largest absolute Gasteiger partial charge is 0.310 e. The average molecular weight is 411 g/mol. The maximum atomic E-state index is 3.70. The molecule has 0 spiro atoms. The molecule has 112 valence electrons. The molecular formula is C18H21Br2N. The summed E-state index contributed by atoms with van der Waals surface area (Å²) >= 11 is 7.20. The number of hydrogen-bond donors (Lipinski definition) is 1. The molecule has 2 aromatic rings. The summed E-state index contributed by atoms with van der Waals surface area (Å²) in [7, 11) is 0. The Labute approximate surface area is 144 Å². The lowest BCUT2D eigenvalue weighted by Gasteiger charge is -2.21. The van der Waals surface area contributed by atoms with Gasteiger partial charge in [0.25, 0.3) is 0 Å². The van der Waals surface area contributed by atoms with Gasteiger partial charge in [0.2, 0.25) is 0 Å². The molecule has 0 amide bonds. The van der Waals surface area contributed by atoms with E-state index in [0.717, 1.165) is 23.9 Å². The van der Waals surface area contributed by atoms with E-state index in [1.54, 1.807) is 0 Å². The number of halogens is 2. The van der Waals surface area contributed by atoms with E-state index in [1.807, 2.05) is 0 Å². The minimum absolute atomic E-state index is 0.334. The van der Waals surface area contributed by atoms with Gasteiger partial charge in [0.05, 0.1) is 0 Å². The standard InChI is InChI=1S/C18H21Br2N/c1-3-10-21-18(12-14-5-7-15(19)8-6-14)16-11-13(2)4-9-17(16)20/h4-9,11,18,21H,3,10,12H2,1-2H3. The zero-order chi connectivity index (χ0) is 15.2. The van der Waals surface area contributed by atoms with Gasteiger partial charge in [-0.15, -0.1) is 0 Å². The first-order valence-corrected chi connectivity index (χ1v) is 8.92. The molecule has 1 nitrogen and oxygen atoms in total. The molecule has 0 heterocycles. The normalized spacial score (nSPS) is 12.4. The van der Waals surface area contributed by atoms with Gasteiger partial charge in [-0.05, 0) is 55.6 Å². The second-order valence-corrected chi connectivity index (χ2v) is 7.13. The summed E-state index contributed by atoms with van der Waals surface area (Å²) in [4.78, 5) is 0. The van der Waals surface area contributed by atoms with E-state index in [9.17, 15) is 0 Å². The van der Waals surface area contributed by atoms with Crippen LogP contribution in [0.4, 0.5) is 0 Å². The molecule has 0 saturated carbocycles. The van der Waals surface area contributed by atoms with Gasteiger partial charge in [-0.2, -0.15) is 0 Å². The van der Waals surface area contributed by atoms with Gasteiger partial charge in [0, 0.05) is 15.0 Å². The van der Waals surface area contributed by atoms with Crippen molar-refractivity contribution in [1.29, 1.82) is 0 Å². The Bertz CT molecular complexity index is 578. The molecule has 3 heteroatoms. The molecule has 1 N–H and O–H groups in total. The number of rotatable bonds is 6. The highest BCUT2D eigenvalue weighted by atomic mass is 79.9. The van der Waals surface area contributed by atoms with Crippen LogP contribution >= 0.6 is 31.9 Å². The van der Waals surface area contributed by atoms with Crippen LogP contribution in [-0.4, -0.2) is 6.54 Å². The Morgan fingerprint density at radius 2 is 1.76 bits per heavy atom. The molecule has 0 radical (unpaired) electrons. The van der Waals surface area contributed by atoms with Gasteiger partial charge in [0.15, 0.2) is 0 Å². The van der Waals surface area contributed by atoms with E-state index in [-0.39, 0.29) is 0 Å². The topological polar surface area (TPSA) is 12.0 Å². The molecule has 1 unspecified atom stereocenters. The third-order valence-corrected chi connectivity index (χ3v) is 4.77. The lowest BCUT2D eigenvalue weighted by molar-refractivity contribution is 0.527. The Morgan fingerprint density at radius 3 is 2.43 bits per heavy atom. The summed E-state index contributed by atoms with van der Waals surface area (Å²) in [5.74, 6) is 0. The third-order valence-electron chi connectivity index (χ3n) is 3.52. The van der Waals surface area contributed by atoms with Crippen LogP contribution in [0.2, 0.25) is 0 Å².